The minimum absolute atomic E-state index is 0.208. The van der Waals surface area contributed by atoms with Crippen LogP contribution in [0.15, 0.2) is 30.3 Å². The standard InChI is InChI=1S/C10H14O/c1-2-3-9-11-10-7-5-4-6-8-10/h4-8H,2-3,9H2,1H3/i1D3. The van der Waals surface area contributed by atoms with Crippen molar-refractivity contribution in [2.75, 3.05) is 6.61 Å². The highest BCUT2D eigenvalue weighted by Crippen LogP contribution is 2.08. The molecule has 0 atom stereocenters. The molecule has 0 bridgehead atoms. The number of rotatable bonds is 4. The third kappa shape index (κ3) is 3.08. The molecule has 0 heterocycles. The van der Waals surface area contributed by atoms with Gasteiger partial charge in [-0.15, -0.1) is 0 Å². The van der Waals surface area contributed by atoms with Crippen molar-refractivity contribution in [2.45, 2.75) is 19.7 Å². The number of benzene rings is 1. The average molecular weight is 153 g/mol. The van der Waals surface area contributed by atoms with E-state index in [9.17, 15) is 0 Å². The lowest BCUT2D eigenvalue weighted by Gasteiger charge is -2.03. The highest BCUT2D eigenvalue weighted by molar-refractivity contribution is 5.20. The van der Waals surface area contributed by atoms with E-state index in [1.807, 2.05) is 30.3 Å². The quantitative estimate of drug-likeness (QED) is 0.604. The number of para-hydroxylation sites is 1. The van der Waals surface area contributed by atoms with Crippen LogP contribution >= 0.6 is 0 Å². The minimum Gasteiger partial charge on any atom is -0.494 e. The van der Waals surface area contributed by atoms with E-state index in [4.69, 9.17) is 8.85 Å². The third-order valence-corrected chi connectivity index (χ3v) is 1.33. The fourth-order valence-electron chi connectivity index (χ4n) is 0.779. The van der Waals surface area contributed by atoms with Gasteiger partial charge in [-0.25, -0.2) is 0 Å². The van der Waals surface area contributed by atoms with Crippen molar-refractivity contribution < 1.29 is 8.85 Å². The van der Waals surface area contributed by atoms with Crippen LogP contribution in [0.4, 0.5) is 0 Å². The topological polar surface area (TPSA) is 9.23 Å². The van der Waals surface area contributed by atoms with Crippen molar-refractivity contribution in [3.8, 4) is 5.75 Å². The Morgan fingerprint density at radius 2 is 2.18 bits per heavy atom. The Hall–Kier alpha value is -0.980. The van der Waals surface area contributed by atoms with Crippen molar-refractivity contribution in [3.05, 3.63) is 30.3 Å². The Labute approximate surface area is 72.2 Å². The Kier molecular flexibility index (Phi) is 2.09. The van der Waals surface area contributed by atoms with E-state index in [0.717, 1.165) is 5.75 Å². The van der Waals surface area contributed by atoms with E-state index in [1.165, 1.54) is 0 Å². The molecule has 0 aliphatic heterocycles. The smallest absolute Gasteiger partial charge is 0.119 e. The maximum absolute atomic E-state index is 6.99. The third-order valence-electron chi connectivity index (χ3n) is 1.33. The molecule has 1 nitrogen and oxygen atoms in total. The van der Waals surface area contributed by atoms with Crippen LogP contribution in [0.3, 0.4) is 0 Å². The molecule has 11 heavy (non-hydrogen) atoms. The Balaban J connectivity index is 2.17. The fourth-order valence-corrected chi connectivity index (χ4v) is 0.779. The SMILES string of the molecule is [2H]C([2H])([2H])CCCOc1ccccc1. The van der Waals surface area contributed by atoms with Gasteiger partial charge in [-0.05, 0) is 18.6 Å². The summed E-state index contributed by atoms with van der Waals surface area (Å²) in [4.78, 5) is 0. The molecule has 0 amide bonds. The maximum Gasteiger partial charge on any atom is 0.119 e. The van der Waals surface area contributed by atoms with Crippen LogP contribution in [0.25, 0.3) is 0 Å². The second-order valence-corrected chi connectivity index (χ2v) is 2.27. The van der Waals surface area contributed by atoms with Gasteiger partial charge in [0.05, 0.1) is 6.61 Å². The molecule has 0 aromatic heterocycles. The molecule has 0 fully saturated rings. The molecule has 0 unspecified atom stereocenters. The van der Waals surface area contributed by atoms with E-state index in [0.29, 0.717) is 13.0 Å². The van der Waals surface area contributed by atoms with Gasteiger partial charge in [0.1, 0.15) is 5.75 Å². The number of ether oxygens (including phenoxy) is 1. The molecule has 0 aliphatic carbocycles. The van der Waals surface area contributed by atoms with Crippen LogP contribution in [0.2, 0.25) is 0 Å². The molecular weight excluding hydrogens is 136 g/mol. The Bertz CT molecular complexity index is 256. The van der Waals surface area contributed by atoms with Gasteiger partial charge in [-0.3, -0.25) is 0 Å². The van der Waals surface area contributed by atoms with Crippen LogP contribution < -0.4 is 4.74 Å². The van der Waals surface area contributed by atoms with Gasteiger partial charge >= 0.3 is 0 Å². The van der Waals surface area contributed by atoms with Gasteiger partial charge < -0.3 is 4.74 Å². The second kappa shape index (κ2) is 4.78. The molecule has 0 saturated heterocycles. The molecule has 0 spiro atoms. The largest absolute Gasteiger partial charge is 0.494 e. The summed E-state index contributed by atoms with van der Waals surface area (Å²) < 4.78 is 26.3. The summed E-state index contributed by atoms with van der Waals surface area (Å²) in [6, 6.07) is 9.40. The Morgan fingerprint density at radius 3 is 2.91 bits per heavy atom. The van der Waals surface area contributed by atoms with Crippen molar-refractivity contribution in [3.63, 3.8) is 0 Å². The molecule has 0 radical (unpaired) electrons. The molecule has 1 heteroatoms. The van der Waals surface area contributed by atoms with E-state index in [2.05, 4.69) is 0 Å². The predicted octanol–water partition coefficient (Wildman–Crippen LogP) is 2.87. The first kappa shape index (κ1) is 4.81. The van der Waals surface area contributed by atoms with Gasteiger partial charge in [0, 0.05) is 4.11 Å². The zero-order chi connectivity index (χ0) is 10.4. The summed E-state index contributed by atoms with van der Waals surface area (Å²) in [7, 11) is 0. The maximum atomic E-state index is 6.99. The lowest BCUT2D eigenvalue weighted by atomic mass is 10.3. The van der Waals surface area contributed by atoms with Gasteiger partial charge in [0.2, 0.25) is 0 Å². The summed E-state index contributed by atoms with van der Waals surface area (Å²) >= 11 is 0. The monoisotopic (exact) mass is 153 g/mol. The first-order valence-corrected chi connectivity index (χ1v) is 3.76. The number of hydrogen-bond acceptors (Lipinski definition) is 1. The van der Waals surface area contributed by atoms with E-state index in [-0.39, 0.29) is 6.42 Å². The summed E-state index contributed by atoms with van der Waals surface area (Å²) in [5.74, 6) is 0.790. The van der Waals surface area contributed by atoms with Gasteiger partial charge in [0.15, 0.2) is 0 Å². The minimum atomic E-state index is -1.83. The first-order valence-electron chi connectivity index (χ1n) is 5.26. The summed E-state index contributed by atoms with van der Waals surface area (Å²) in [6.07, 6.45) is 0.769. The molecule has 60 valence electrons. The summed E-state index contributed by atoms with van der Waals surface area (Å²) in [5.41, 5.74) is 0. The van der Waals surface area contributed by atoms with E-state index >= 15 is 0 Å². The van der Waals surface area contributed by atoms with Crippen molar-refractivity contribution in [1.82, 2.24) is 0 Å². The molecular formula is C10H14O. The lowest BCUT2D eigenvalue weighted by molar-refractivity contribution is 0.309. The Morgan fingerprint density at radius 1 is 1.36 bits per heavy atom. The normalized spacial score (nSPS) is 14.7. The van der Waals surface area contributed by atoms with Crippen LogP contribution in [0, 0.1) is 0 Å². The lowest BCUT2D eigenvalue weighted by Crippen LogP contribution is -1.95. The summed E-state index contributed by atoms with van der Waals surface area (Å²) in [6.45, 7) is -1.37. The molecule has 1 aromatic carbocycles. The van der Waals surface area contributed by atoms with Gasteiger partial charge in [0.25, 0.3) is 0 Å². The fraction of sp³-hybridized carbons (Fsp3) is 0.400. The van der Waals surface area contributed by atoms with Crippen LogP contribution in [0.1, 0.15) is 23.8 Å². The zero-order valence-corrected chi connectivity index (χ0v) is 6.42. The first-order chi connectivity index (χ1) is 6.58. The van der Waals surface area contributed by atoms with E-state index < -0.39 is 6.85 Å². The predicted molar refractivity (Wildman–Crippen MR) is 46.8 cm³/mol. The molecule has 1 rings (SSSR count). The van der Waals surface area contributed by atoms with Gasteiger partial charge in [-0.1, -0.05) is 31.5 Å². The average Bonchev–Trinajstić information content (AvgIpc) is 2.13. The highest BCUT2D eigenvalue weighted by atomic mass is 16.5. The molecule has 0 N–H and O–H groups in total. The van der Waals surface area contributed by atoms with E-state index in [1.54, 1.807) is 0 Å². The highest BCUT2D eigenvalue weighted by Gasteiger charge is 1.88. The van der Waals surface area contributed by atoms with Crippen LogP contribution in [-0.4, -0.2) is 6.61 Å². The molecule has 1 aromatic rings. The summed E-state index contributed by atoms with van der Waals surface area (Å²) in [5, 5.41) is 0. The van der Waals surface area contributed by atoms with Crippen LogP contribution in [-0.2, 0) is 0 Å². The molecule has 0 aliphatic rings. The number of hydrogen-bond donors (Lipinski definition) is 0. The second-order valence-electron chi connectivity index (χ2n) is 2.27. The molecule has 0 saturated carbocycles. The van der Waals surface area contributed by atoms with Crippen molar-refractivity contribution in [2.24, 2.45) is 0 Å². The zero-order valence-electron chi connectivity index (χ0n) is 9.42. The van der Waals surface area contributed by atoms with Gasteiger partial charge in [-0.2, -0.15) is 0 Å². The van der Waals surface area contributed by atoms with Crippen molar-refractivity contribution in [1.29, 1.82) is 0 Å². The van der Waals surface area contributed by atoms with Crippen LogP contribution in [0.5, 0.6) is 5.75 Å². The van der Waals surface area contributed by atoms with Crippen molar-refractivity contribution >= 4 is 0 Å².